The molecule has 0 aliphatic heterocycles. The molecule has 0 bridgehead atoms. The Balaban J connectivity index is 2.20. The van der Waals surface area contributed by atoms with Gasteiger partial charge in [-0.25, -0.2) is 9.37 Å². The highest BCUT2D eigenvalue weighted by Gasteiger charge is 2.08. The van der Waals surface area contributed by atoms with E-state index in [1.807, 2.05) is 6.92 Å². The number of aryl methyl sites for hydroxylation is 1. The highest BCUT2D eigenvalue weighted by molar-refractivity contribution is 6.04. The first kappa shape index (κ1) is 13.0. The first-order chi connectivity index (χ1) is 9.08. The van der Waals surface area contributed by atoms with Crippen molar-refractivity contribution in [2.75, 3.05) is 17.7 Å². The van der Waals surface area contributed by atoms with Gasteiger partial charge >= 0.3 is 0 Å². The third-order valence-corrected chi connectivity index (χ3v) is 2.57. The lowest BCUT2D eigenvalue weighted by Gasteiger charge is -2.08. The quantitative estimate of drug-likeness (QED) is 0.891. The minimum absolute atomic E-state index is 0.256. The van der Waals surface area contributed by atoms with E-state index in [1.165, 1.54) is 24.3 Å². The minimum Gasteiger partial charge on any atom is -0.373 e. The van der Waals surface area contributed by atoms with E-state index in [4.69, 9.17) is 0 Å². The second kappa shape index (κ2) is 5.48. The molecule has 1 aromatic heterocycles. The minimum atomic E-state index is -0.338. The Labute approximate surface area is 110 Å². The van der Waals surface area contributed by atoms with Crippen LogP contribution in [-0.4, -0.2) is 17.9 Å². The van der Waals surface area contributed by atoms with E-state index in [2.05, 4.69) is 15.6 Å². The zero-order valence-corrected chi connectivity index (χ0v) is 10.7. The summed E-state index contributed by atoms with van der Waals surface area (Å²) in [5, 5.41) is 5.60. The maximum Gasteiger partial charge on any atom is 0.255 e. The summed E-state index contributed by atoms with van der Waals surface area (Å²) in [6, 6.07) is 8.98. The van der Waals surface area contributed by atoms with Crippen LogP contribution in [0.5, 0.6) is 0 Å². The third kappa shape index (κ3) is 3.28. The molecule has 0 aliphatic carbocycles. The van der Waals surface area contributed by atoms with Crippen LogP contribution in [0.25, 0.3) is 0 Å². The number of amides is 1. The Morgan fingerprint density at radius 2 is 1.89 bits per heavy atom. The molecule has 2 N–H and O–H groups in total. The first-order valence-electron chi connectivity index (χ1n) is 5.82. The number of rotatable bonds is 3. The van der Waals surface area contributed by atoms with Gasteiger partial charge in [0.1, 0.15) is 11.6 Å². The second-order valence-corrected chi connectivity index (χ2v) is 4.09. The molecule has 1 aromatic carbocycles. The Hall–Kier alpha value is -2.43. The zero-order chi connectivity index (χ0) is 13.8. The van der Waals surface area contributed by atoms with Crippen LogP contribution in [-0.2, 0) is 0 Å². The standard InChI is InChI=1S/C14H14FN3O/c1-9-7-10(8-13(16-2)17-9)14(19)18-12-5-3-11(15)4-6-12/h3-8H,1-2H3,(H,16,17)(H,18,19). The molecule has 0 atom stereocenters. The summed E-state index contributed by atoms with van der Waals surface area (Å²) in [6.07, 6.45) is 0. The van der Waals surface area contributed by atoms with Crippen molar-refractivity contribution < 1.29 is 9.18 Å². The number of pyridine rings is 1. The maximum atomic E-state index is 12.8. The molecule has 0 aliphatic rings. The summed E-state index contributed by atoms with van der Waals surface area (Å²) in [7, 11) is 1.74. The van der Waals surface area contributed by atoms with Crippen molar-refractivity contribution in [2.45, 2.75) is 6.92 Å². The van der Waals surface area contributed by atoms with Gasteiger partial charge in [0.05, 0.1) is 0 Å². The fraction of sp³-hybridized carbons (Fsp3) is 0.143. The fourth-order valence-electron chi connectivity index (χ4n) is 1.66. The number of nitrogens with one attached hydrogen (secondary N) is 2. The van der Waals surface area contributed by atoms with E-state index in [-0.39, 0.29) is 11.7 Å². The molecule has 19 heavy (non-hydrogen) atoms. The van der Waals surface area contributed by atoms with Gasteiger partial charge in [0.15, 0.2) is 0 Å². The number of anilines is 2. The summed E-state index contributed by atoms with van der Waals surface area (Å²) < 4.78 is 12.8. The number of halogens is 1. The van der Waals surface area contributed by atoms with Gasteiger partial charge in [-0.05, 0) is 43.3 Å². The molecule has 0 fully saturated rings. The highest BCUT2D eigenvalue weighted by atomic mass is 19.1. The van der Waals surface area contributed by atoms with Gasteiger partial charge in [-0.1, -0.05) is 0 Å². The van der Waals surface area contributed by atoms with Crippen LogP contribution < -0.4 is 10.6 Å². The number of carbonyl (C=O) groups excluding carboxylic acids is 1. The molecular formula is C14H14FN3O. The number of carbonyl (C=O) groups is 1. The Bertz CT molecular complexity index is 596. The number of nitrogens with zero attached hydrogens (tertiary/aromatic N) is 1. The summed E-state index contributed by atoms with van der Waals surface area (Å²) in [5.41, 5.74) is 1.80. The van der Waals surface area contributed by atoms with Crippen molar-refractivity contribution in [1.29, 1.82) is 0 Å². The molecule has 1 heterocycles. The van der Waals surface area contributed by atoms with E-state index < -0.39 is 0 Å². The Morgan fingerprint density at radius 1 is 1.21 bits per heavy atom. The maximum absolute atomic E-state index is 12.8. The number of aromatic nitrogens is 1. The van der Waals surface area contributed by atoms with E-state index in [0.29, 0.717) is 17.1 Å². The lowest BCUT2D eigenvalue weighted by atomic mass is 10.2. The van der Waals surface area contributed by atoms with Crippen molar-refractivity contribution in [3.05, 3.63) is 53.5 Å². The molecule has 5 heteroatoms. The number of hydrogen-bond donors (Lipinski definition) is 2. The SMILES string of the molecule is CNc1cc(C(=O)Nc2ccc(F)cc2)cc(C)n1. The van der Waals surface area contributed by atoms with Crippen LogP contribution in [0.4, 0.5) is 15.9 Å². The van der Waals surface area contributed by atoms with E-state index >= 15 is 0 Å². The Morgan fingerprint density at radius 3 is 2.53 bits per heavy atom. The van der Waals surface area contributed by atoms with Gasteiger partial charge in [0.2, 0.25) is 0 Å². The molecule has 2 rings (SSSR count). The van der Waals surface area contributed by atoms with Crippen molar-refractivity contribution in [1.82, 2.24) is 4.98 Å². The van der Waals surface area contributed by atoms with Crippen LogP contribution in [0.15, 0.2) is 36.4 Å². The average Bonchev–Trinajstić information content (AvgIpc) is 2.40. The molecule has 0 saturated carbocycles. The molecule has 1 amide bonds. The van der Waals surface area contributed by atoms with Gasteiger partial charge in [0, 0.05) is 24.0 Å². The van der Waals surface area contributed by atoms with Crippen molar-refractivity contribution in [3.8, 4) is 0 Å². The smallest absolute Gasteiger partial charge is 0.255 e. The predicted molar refractivity (Wildman–Crippen MR) is 72.9 cm³/mol. The van der Waals surface area contributed by atoms with Crippen molar-refractivity contribution >= 4 is 17.4 Å². The van der Waals surface area contributed by atoms with Gasteiger partial charge in [-0.15, -0.1) is 0 Å². The summed E-state index contributed by atoms with van der Waals surface area (Å²) >= 11 is 0. The zero-order valence-electron chi connectivity index (χ0n) is 10.7. The van der Waals surface area contributed by atoms with Crippen LogP contribution in [0.1, 0.15) is 16.1 Å². The fourth-order valence-corrected chi connectivity index (χ4v) is 1.66. The summed E-state index contributed by atoms with van der Waals surface area (Å²) in [4.78, 5) is 16.3. The molecule has 0 saturated heterocycles. The Kier molecular flexibility index (Phi) is 3.75. The third-order valence-electron chi connectivity index (χ3n) is 2.57. The normalized spacial score (nSPS) is 10.1. The van der Waals surface area contributed by atoms with E-state index in [0.717, 1.165) is 5.69 Å². The predicted octanol–water partition coefficient (Wildman–Crippen LogP) is 2.82. The molecule has 0 spiro atoms. The largest absolute Gasteiger partial charge is 0.373 e. The van der Waals surface area contributed by atoms with Crippen molar-refractivity contribution in [3.63, 3.8) is 0 Å². The molecule has 0 radical (unpaired) electrons. The molecular weight excluding hydrogens is 245 g/mol. The molecule has 2 aromatic rings. The number of hydrogen-bond acceptors (Lipinski definition) is 3. The first-order valence-corrected chi connectivity index (χ1v) is 5.82. The van der Waals surface area contributed by atoms with Crippen molar-refractivity contribution in [2.24, 2.45) is 0 Å². The van der Waals surface area contributed by atoms with E-state index in [1.54, 1.807) is 19.2 Å². The second-order valence-electron chi connectivity index (χ2n) is 4.09. The molecule has 0 unspecified atom stereocenters. The highest BCUT2D eigenvalue weighted by Crippen LogP contribution is 2.13. The number of benzene rings is 1. The van der Waals surface area contributed by atoms with Crippen LogP contribution in [0.3, 0.4) is 0 Å². The van der Waals surface area contributed by atoms with Gasteiger partial charge in [-0.3, -0.25) is 4.79 Å². The summed E-state index contributed by atoms with van der Waals surface area (Å²) in [5.74, 6) is 0.0353. The topological polar surface area (TPSA) is 54.0 Å². The van der Waals surface area contributed by atoms with Gasteiger partial charge in [0.25, 0.3) is 5.91 Å². The monoisotopic (exact) mass is 259 g/mol. The summed E-state index contributed by atoms with van der Waals surface area (Å²) in [6.45, 7) is 1.81. The lowest BCUT2D eigenvalue weighted by molar-refractivity contribution is 0.102. The van der Waals surface area contributed by atoms with Crippen LogP contribution in [0.2, 0.25) is 0 Å². The van der Waals surface area contributed by atoms with E-state index in [9.17, 15) is 9.18 Å². The van der Waals surface area contributed by atoms with Gasteiger partial charge < -0.3 is 10.6 Å². The molecule has 4 nitrogen and oxygen atoms in total. The van der Waals surface area contributed by atoms with Crippen LogP contribution >= 0.6 is 0 Å². The van der Waals surface area contributed by atoms with Gasteiger partial charge in [-0.2, -0.15) is 0 Å². The average molecular weight is 259 g/mol. The lowest BCUT2D eigenvalue weighted by Crippen LogP contribution is -2.13. The molecule has 98 valence electrons. The van der Waals surface area contributed by atoms with Crippen LogP contribution in [0, 0.1) is 12.7 Å².